The zero-order chi connectivity index (χ0) is 34.9. The van der Waals surface area contributed by atoms with Gasteiger partial charge in [0.2, 0.25) is 0 Å². The number of hydrogen-bond donors (Lipinski definition) is 0. The van der Waals surface area contributed by atoms with Gasteiger partial charge in [-0.2, -0.15) is 0 Å². The molecule has 246 valence electrons. The third-order valence-electron chi connectivity index (χ3n) is 12.7. The lowest BCUT2D eigenvalue weighted by Crippen LogP contribution is -2.18. The molecular weight excluding hydrogens is 601 g/mol. The maximum Gasteiger partial charge on any atom is 0.0165 e. The molecule has 0 amide bonds. The van der Waals surface area contributed by atoms with Crippen LogP contribution < -0.4 is 0 Å². The number of rotatable bonds is 0. The predicted molar refractivity (Wildman–Crippen MR) is 218 cm³/mol. The van der Waals surface area contributed by atoms with E-state index in [1.165, 1.54) is 109 Å². The quantitative estimate of drug-likeness (QED) is 0.144. The Balaban J connectivity index is 1.51. The summed E-state index contributed by atoms with van der Waals surface area (Å²) >= 11 is 0. The fraction of sp³-hybridized carbons (Fsp3) is 0.280. The Morgan fingerprint density at radius 2 is 0.720 bits per heavy atom. The van der Waals surface area contributed by atoms with Crippen LogP contribution in [-0.2, 0) is 21.7 Å². The fourth-order valence-electron chi connectivity index (χ4n) is 10.1. The van der Waals surface area contributed by atoms with Crippen LogP contribution in [0.15, 0.2) is 97.1 Å². The number of fused-ring (bicyclic) bond motifs is 12. The van der Waals surface area contributed by atoms with E-state index in [2.05, 4.69) is 166 Å². The molecule has 0 bridgehead atoms. The van der Waals surface area contributed by atoms with Crippen LogP contribution in [-0.4, -0.2) is 0 Å². The van der Waals surface area contributed by atoms with E-state index < -0.39 is 0 Å². The number of benzene rings is 8. The fourth-order valence-corrected chi connectivity index (χ4v) is 10.1. The standard InChI is InChI=1S/C50H46/c1-47(2,3)31-23-35-41-37(25-31)45-44(34-20-28-16-12-14-18-30(28)22-40(34)49(45,7)8)36-24-32(48(4,5)6)26-38(42(36)41)46-43(35)33-19-27-15-11-13-17-29(27)21-39(33)50(46,9)10/h11-26H,1-10H3. The summed E-state index contributed by atoms with van der Waals surface area (Å²) in [7, 11) is 0. The van der Waals surface area contributed by atoms with Gasteiger partial charge in [0.25, 0.3) is 0 Å². The van der Waals surface area contributed by atoms with Crippen molar-refractivity contribution < 1.29 is 0 Å². The van der Waals surface area contributed by atoms with Crippen LogP contribution in [0.5, 0.6) is 0 Å². The van der Waals surface area contributed by atoms with Crippen molar-refractivity contribution in [3.05, 3.63) is 130 Å². The van der Waals surface area contributed by atoms with Gasteiger partial charge in [0.1, 0.15) is 0 Å². The first-order chi connectivity index (χ1) is 23.6. The molecule has 0 aromatic heterocycles. The Hall–Kier alpha value is -4.68. The Morgan fingerprint density at radius 1 is 0.400 bits per heavy atom. The Labute approximate surface area is 296 Å². The molecule has 0 spiro atoms. The highest BCUT2D eigenvalue weighted by Gasteiger charge is 2.44. The van der Waals surface area contributed by atoms with Gasteiger partial charge < -0.3 is 0 Å². The Kier molecular flexibility index (Phi) is 5.52. The molecule has 2 aliphatic rings. The van der Waals surface area contributed by atoms with Crippen LogP contribution in [0.2, 0.25) is 0 Å². The van der Waals surface area contributed by atoms with Crippen molar-refractivity contribution in [2.24, 2.45) is 0 Å². The molecule has 2 aliphatic carbocycles. The zero-order valence-electron chi connectivity index (χ0n) is 31.2. The average molecular weight is 647 g/mol. The van der Waals surface area contributed by atoms with Crippen molar-refractivity contribution >= 4 is 53.9 Å². The lowest BCUT2D eigenvalue weighted by Gasteiger charge is -2.31. The monoisotopic (exact) mass is 646 g/mol. The third-order valence-corrected chi connectivity index (χ3v) is 12.7. The molecule has 0 N–H and O–H groups in total. The van der Waals surface area contributed by atoms with Crippen molar-refractivity contribution in [3.8, 4) is 22.3 Å². The molecule has 10 rings (SSSR count). The van der Waals surface area contributed by atoms with Crippen molar-refractivity contribution in [3.63, 3.8) is 0 Å². The molecule has 0 radical (unpaired) electrons. The van der Waals surface area contributed by atoms with Gasteiger partial charge in [-0.25, -0.2) is 0 Å². The van der Waals surface area contributed by atoms with Gasteiger partial charge in [-0.3, -0.25) is 0 Å². The zero-order valence-corrected chi connectivity index (χ0v) is 31.2. The van der Waals surface area contributed by atoms with E-state index in [-0.39, 0.29) is 21.7 Å². The molecule has 50 heavy (non-hydrogen) atoms. The first kappa shape index (κ1) is 30.2. The molecule has 0 unspecified atom stereocenters. The van der Waals surface area contributed by atoms with Crippen LogP contribution >= 0.6 is 0 Å². The number of hydrogen-bond acceptors (Lipinski definition) is 0. The minimum Gasteiger partial charge on any atom is -0.0616 e. The maximum absolute atomic E-state index is 2.58. The summed E-state index contributed by atoms with van der Waals surface area (Å²) in [5, 5.41) is 13.9. The van der Waals surface area contributed by atoms with E-state index in [4.69, 9.17) is 0 Å². The molecule has 8 aromatic carbocycles. The van der Waals surface area contributed by atoms with Crippen molar-refractivity contribution in [2.45, 2.75) is 90.9 Å². The lowest BCUT2D eigenvalue weighted by atomic mass is 9.72. The summed E-state index contributed by atoms with van der Waals surface area (Å²) < 4.78 is 0. The highest BCUT2D eigenvalue weighted by molar-refractivity contribution is 6.33. The smallest absolute Gasteiger partial charge is 0.0165 e. The van der Waals surface area contributed by atoms with E-state index >= 15 is 0 Å². The maximum atomic E-state index is 2.58. The summed E-state index contributed by atoms with van der Waals surface area (Å²) in [6.45, 7) is 24.2. The highest BCUT2D eigenvalue weighted by Crippen LogP contribution is 2.62. The molecule has 0 saturated carbocycles. The highest BCUT2D eigenvalue weighted by atomic mass is 14.5. The minimum atomic E-state index is -0.160. The SMILES string of the molecule is CC(C)(C)c1cc2c3c(c4cc(C(C)(C)C)cc5c6c(c(c1)c2c54)C(C)(C)c1cc2ccccc2cc1-6)C(C)(C)c1cc2ccccc2cc1-3. The summed E-state index contributed by atoms with van der Waals surface area (Å²) in [6, 6.07) is 38.2. The summed E-state index contributed by atoms with van der Waals surface area (Å²) in [6.07, 6.45) is 0. The van der Waals surface area contributed by atoms with Crippen LogP contribution in [0.25, 0.3) is 76.1 Å². The first-order valence-corrected chi connectivity index (χ1v) is 18.5. The van der Waals surface area contributed by atoms with Crippen LogP contribution in [0.1, 0.15) is 103 Å². The van der Waals surface area contributed by atoms with Gasteiger partial charge in [-0.15, -0.1) is 0 Å². The van der Waals surface area contributed by atoms with Gasteiger partial charge in [-0.05, 0) is 157 Å². The van der Waals surface area contributed by atoms with E-state index in [9.17, 15) is 0 Å². The Bertz CT molecular complexity index is 2610. The molecule has 0 nitrogen and oxygen atoms in total. The molecule has 8 aromatic rings. The molecule has 0 heterocycles. The second-order valence-corrected chi connectivity index (χ2v) is 18.6. The molecule has 0 heteroatoms. The van der Waals surface area contributed by atoms with Gasteiger partial charge in [0, 0.05) is 10.8 Å². The second kappa shape index (κ2) is 9.15. The normalized spacial score (nSPS) is 16.1. The third kappa shape index (κ3) is 3.67. The molecule has 0 saturated heterocycles. The van der Waals surface area contributed by atoms with Crippen LogP contribution in [0.4, 0.5) is 0 Å². The van der Waals surface area contributed by atoms with E-state index in [0.717, 1.165) is 0 Å². The van der Waals surface area contributed by atoms with Gasteiger partial charge >= 0.3 is 0 Å². The van der Waals surface area contributed by atoms with Crippen molar-refractivity contribution in [2.75, 3.05) is 0 Å². The van der Waals surface area contributed by atoms with Crippen molar-refractivity contribution in [1.82, 2.24) is 0 Å². The first-order valence-electron chi connectivity index (χ1n) is 18.5. The summed E-state index contributed by atoms with van der Waals surface area (Å²) in [5.74, 6) is 0. The van der Waals surface area contributed by atoms with Gasteiger partial charge in [-0.1, -0.05) is 130 Å². The van der Waals surface area contributed by atoms with Crippen molar-refractivity contribution in [1.29, 1.82) is 0 Å². The molecule has 0 atom stereocenters. The van der Waals surface area contributed by atoms with E-state index in [1.54, 1.807) is 0 Å². The summed E-state index contributed by atoms with van der Waals surface area (Å²) in [4.78, 5) is 0. The van der Waals surface area contributed by atoms with Crippen LogP contribution in [0.3, 0.4) is 0 Å². The molecular formula is C50H46. The summed E-state index contributed by atoms with van der Waals surface area (Å²) in [5.41, 5.74) is 14.1. The van der Waals surface area contributed by atoms with Gasteiger partial charge in [0.05, 0.1) is 0 Å². The van der Waals surface area contributed by atoms with E-state index in [1.807, 2.05) is 0 Å². The molecule has 0 aliphatic heterocycles. The minimum absolute atomic E-state index is 0.00572. The second-order valence-electron chi connectivity index (χ2n) is 18.6. The largest absolute Gasteiger partial charge is 0.0616 e. The molecule has 0 fully saturated rings. The van der Waals surface area contributed by atoms with E-state index in [0.29, 0.717) is 0 Å². The average Bonchev–Trinajstić information content (AvgIpc) is 3.44. The van der Waals surface area contributed by atoms with Crippen LogP contribution in [0, 0.1) is 0 Å². The topological polar surface area (TPSA) is 0 Å². The Morgan fingerprint density at radius 3 is 1.06 bits per heavy atom. The lowest BCUT2D eigenvalue weighted by molar-refractivity contribution is 0.591. The predicted octanol–water partition coefficient (Wildman–Crippen LogP) is 14.1. The van der Waals surface area contributed by atoms with Gasteiger partial charge in [0.15, 0.2) is 0 Å².